The van der Waals surface area contributed by atoms with E-state index in [0.29, 0.717) is 25.4 Å². The minimum Gasteiger partial charge on any atom is -0.481 e. The molecule has 2 aliphatic heterocycles. The number of benzene rings is 2. The number of nitrogens with zero attached hydrogens (tertiary/aromatic N) is 9. The molecule has 3 N–H and O–H groups in total. The summed E-state index contributed by atoms with van der Waals surface area (Å²) in [6, 6.07) is 12.2. The fourth-order valence-corrected chi connectivity index (χ4v) is 12.5. The average Bonchev–Trinajstić information content (AvgIpc) is 4.10. The molecule has 8 heterocycles. The lowest BCUT2D eigenvalue weighted by atomic mass is 9.86. The van der Waals surface area contributed by atoms with Crippen molar-refractivity contribution in [3.8, 4) is 0 Å². The van der Waals surface area contributed by atoms with E-state index in [9.17, 15) is 14.7 Å². The highest BCUT2D eigenvalue weighted by atomic mass is 32.1. The molecule has 6 aromatic heterocycles. The smallest absolute Gasteiger partial charge is 0.306 e. The Morgan fingerprint density at radius 1 is 0.759 bits per heavy atom. The van der Waals surface area contributed by atoms with Crippen LogP contribution in [-0.4, -0.2) is 86.3 Å². The van der Waals surface area contributed by atoms with Crippen LogP contribution in [0.25, 0.3) is 40.9 Å². The lowest BCUT2D eigenvalue weighted by Gasteiger charge is -2.32. The van der Waals surface area contributed by atoms with E-state index in [-0.39, 0.29) is 24.0 Å². The van der Waals surface area contributed by atoms with Crippen molar-refractivity contribution in [1.82, 2.24) is 44.0 Å². The van der Waals surface area contributed by atoms with E-state index in [4.69, 9.17) is 4.74 Å². The maximum Gasteiger partial charge on any atom is 0.306 e. The number of aryl methyl sites for hydroxylation is 2. The van der Waals surface area contributed by atoms with Gasteiger partial charge in [-0.3, -0.25) is 9.59 Å². The third-order valence-corrected chi connectivity index (χ3v) is 15.3. The summed E-state index contributed by atoms with van der Waals surface area (Å²) in [5.74, 6) is 0.923. The largest absolute Gasteiger partial charge is 0.481 e. The van der Waals surface area contributed by atoms with Crippen LogP contribution in [0.5, 0.6) is 0 Å². The highest BCUT2D eigenvalue weighted by Gasteiger charge is 2.44. The standard InChI is InChI=1S/C22H20N6O2S2.C17H13N5O2S2/c29-22(28-8-14-7-13(28)9-30-14)11-1-3-15-17(5-11)31-21-19(15)20(23-10-24-21)25-12-2-4-16-18(6-12)32-27-26-16;23-17(24)8-1-3-10-12(5-8)25-16-14(10)15(18-7-19-16)20-9-2-4-11-13(6-9)26-22-21-11/h2,4,6,10-11,13-14H,1,3,5,7-9H2,(H,23,24,25);2,4,6-8H,1,3,5H2,(H,23,24)(H,18,19,20)/t11-,13-,14-;8-/m00/s1. The molecule has 0 saturated carbocycles. The van der Waals surface area contributed by atoms with Crippen molar-refractivity contribution in [2.75, 3.05) is 23.8 Å². The Bertz CT molecular complexity index is 2910. The average molecular weight is 848 g/mol. The van der Waals surface area contributed by atoms with Crippen molar-refractivity contribution in [3.63, 3.8) is 0 Å². The molecule has 8 aromatic rings. The first kappa shape index (κ1) is 35.8. The van der Waals surface area contributed by atoms with E-state index in [1.807, 2.05) is 30.3 Å². The fourth-order valence-electron chi connectivity index (χ4n) is 8.72. The maximum absolute atomic E-state index is 13.2. The summed E-state index contributed by atoms with van der Waals surface area (Å²) >= 11 is 6.02. The number of hydrogen-bond acceptors (Lipinski definition) is 17. The summed E-state index contributed by atoms with van der Waals surface area (Å²) in [7, 11) is 0. The van der Waals surface area contributed by atoms with Gasteiger partial charge >= 0.3 is 5.97 Å². The van der Waals surface area contributed by atoms with Gasteiger partial charge in [-0.25, -0.2) is 19.9 Å². The van der Waals surface area contributed by atoms with Crippen molar-refractivity contribution >= 4 is 121 Å². The van der Waals surface area contributed by atoms with Crippen LogP contribution in [0, 0.1) is 11.8 Å². The molecule has 0 unspecified atom stereocenters. The van der Waals surface area contributed by atoms with Crippen LogP contribution in [-0.2, 0) is 40.0 Å². The number of aliphatic carboxylic acids is 1. The van der Waals surface area contributed by atoms with Crippen molar-refractivity contribution in [2.24, 2.45) is 11.8 Å². The van der Waals surface area contributed by atoms with Crippen molar-refractivity contribution in [3.05, 3.63) is 69.9 Å². The minimum atomic E-state index is -0.719. The summed E-state index contributed by atoms with van der Waals surface area (Å²) in [5, 5.41) is 26.4. The number of hydrogen-bond donors (Lipinski definition) is 3. The molecule has 12 rings (SSSR count). The summed E-state index contributed by atoms with van der Waals surface area (Å²) in [5.41, 5.74) is 6.13. The number of fused-ring (bicyclic) bond motifs is 10. The van der Waals surface area contributed by atoms with Gasteiger partial charge in [-0.1, -0.05) is 8.98 Å². The number of amides is 1. The Morgan fingerprint density at radius 3 is 1.86 bits per heavy atom. The number of carboxylic acids is 1. The molecule has 0 spiro atoms. The molecule has 2 aliphatic carbocycles. The van der Waals surface area contributed by atoms with Gasteiger partial charge in [0.25, 0.3) is 0 Å². The van der Waals surface area contributed by atoms with Gasteiger partial charge in [0, 0.05) is 33.6 Å². The first-order chi connectivity index (χ1) is 28.4. The number of carboxylic acid groups (broad SMARTS) is 1. The Balaban J connectivity index is 0.000000136. The van der Waals surface area contributed by atoms with E-state index >= 15 is 0 Å². The number of nitrogens with one attached hydrogen (secondary N) is 2. The number of likely N-dealkylation sites (tertiary alicyclic amines) is 1. The molecule has 1 amide bonds. The fraction of sp³-hybridized carbons (Fsp3) is 0.333. The lowest BCUT2D eigenvalue weighted by molar-refractivity contribution is -0.142. The number of carbonyl (C=O) groups excluding carboxylic acids is 1. The summed E-state index contributed by atoms with van der Waals surface area (Å²) in [6.45, 7) is 1.46. The van der Waals surface area contributed by atoms with Crippen LogP contribution in [0.2, 0.25) is 0 Å². The van der Waals surface area contributed by atoms with Crippen LogP contribution in [0.1, 0.15) is 40.1 Å². The molecule has 15 nitrogen and oxygen atoms in total. The maximum atomic E-state index is 13.2. The van der Waals surface area contributed by atoms with Gasteiger partial charge < -0.3 is 25.4 Å². The third kappa shape index (κ3) is 6.41. The lowest BCUT2D eigenvalue weighted by Crippen LogP contribution is -2.45. The number of ether oxygens (including phenoxy) is 1. The van der Waals surface area contributed by atoms with Gasteiger partial charge in [0.05, 0.1) is 44.8 Å². The van der Waals surface area contributed by atoms with Gasteiger partial charge in [-0.15, -0.1) is 32.9 Å². The zero-order valence-electron chi connectivity index (χ0n) is 30.6. The third-order valence-electron chi connectivity index (χ3n) is 11.6. The number of anilines is 4. The molecular weight excluding hydrogens is 815 g/mol. The molecule has 2 saturated heterocycles. The molecule has 4 atom stereocenters. The highest BCUT2D eigenvalue weighted by molar-refractivity contribution is 7.19. The second kappa shape index (κ2) is 14.5. The van der Waals surface area contributed by atoms with E-state index < -0.39 is 5.97 Å². The minimum absolute atomic E-state index is 0.0560. The van der Waals surface area contributed by atoms with E-state index in [2.05, 4.69) is 60.7 Å². The second-order valence-electron chi connectivity index (χ2n) is 15.0. The second-order valence-corrected chi connectivity index (χ2v) is 18.8. The summed E-state index contributed by atoms with van der Waals surface area (Å²) < 4.78 is 15.7. The first-order valence-corrected chi connectivity index (χ1v) is 22.2. The Kier molecular flexibility index (Phi) is 8.94. The zero-order chi connectivity index (χ0) is 38.9. The van der Waals surface area contributed by atoms with E-state index in [1.165, 1.54) is 39.1 Å². The predicted molar refractivity (Wildman–Crippen MR) is 225 cm³/mol. The van der Waals surface area contributed by atoms with E-state index in [1.54, 1.807) is 35.3 Å². The van der Waals surface area contributed by atoms with Crippen LogP contribution >= 0.6 is 45.7 Å². The molecular formula is C39H33N11O4S4. The summed E-state index contributed by atoms with van der Waals surface area (Å²) in [4.78, 5) is 48.9. The quantitative estimate of drug-likeness (QED) is 0.152. The van der Waals surface area contributed by atoms with Gasteiger partial charge in [-0.05, 0) is 116 Å². The molecule has 0 radical (unpaired) electrons. The van der Waals surface area contributed by atoms with Crippen LogP contribution in [0.15, 0.2) is 49.1 Å². The van der Waals surface area contributed by atoms with Gasteiger partial charge in [0.15, 0.2) is 0 Å². The number of thiophene rings is 2. The Labute approximate surface area is 345 Å². The molecule has 58 heavy (non-hydrogen) atoms. The molecule has 4 aliphatic rings. The SMILES string of the molecule is O=C(O)[C@H]1CCc2c(sc3ncnc(Nc4ccc5nnsc5c4)c23)C1.O=C([C@H]1CCc2c(sc3ncnc(Nc4ccc5nnsc5c4)c23)C1)N1C[C@@H]2C[C@H]1CO2. The molecule has 292 valence electrons. The number of aromatic nitrogens is 8. The number of carbonyl (C=O) groups is 2. The predicted octanol–water partition coefficient (Wildman–Crippen LogP) is 7.17. The van der Waals surface area contributed by atoms with Crippen LogP contribution in [0.4, 0.5) is 23.0 Å². The van der Waals surface area contributed by atoms with Gasteiger partial charge in [0.2, 0.25) is 5.91 Å². The monoisotopic (exact) mass is 847 g/mol. The van der Waals surface area contributed by atoms with Crippen molar-refractivity contribution < 1.29 is 19.4 Å². The van der Waals surface area contributed by atoms with E-state index in [0.717, 1.165) is 107 Å². The first-order valence-electron chi connectivity index (χ1n) is 19.1. The number of morpholine rings is 1. The van der Waals surface area contributed by atoms with Crippen molar-refractivity contribution in [2.45, 2.75) is 57.1 Å². The Morgan fingerprint density at radius 2 is 1.33 bits per heavy atom. The Hall–Kier alpha value is -5.34. The van der Waals surface area contributed by atoms with Crippen LogP contribution < -0.4 is 10.6 Å². The topological polar surface area (TPSA) is 194 Å². The van der Waals surface area contributed by atoms with Gasteiger partial charge in [-0.2, -0.15) is 0 Å². The zero-order valence-corrected chi connectivity index (χ0v) is 33.9. The molecule has 2 fully saturated rings. The molecule has 2 bridgehead atoms. The van der Waals surface area contributed by atoms with Crippen LogP contribution in [0.3, 0.4) is 0 Å². The van der Waals surface area contributed by atoms with Gasteiger partial charge in [0.1, 0.15) is 45.0 Å². The summed E-state index contributed by atoms with van der Waals surface area (Å²) in [6.07, 6.45) is 8.93. The highest BCUT2D eigenvalue weighted by Crippen LogP contribution is 2.43. The molecule has 2 aromatic carbocycles. The van der Waals surface area contributed by atoms with Crippen molar-refractivity contribution in [1.29, 1.82) is 0 Å². The normalized spacial score (nSPS) is 20.9. The number of rotatable bonds is 6. The molecule has 19 heteroatoms.